The van der Waals surface area contributed by atoms with Gasteiger partial charge in [-0.05, 0) is 18.9 Å². The van der Waals surface area contributed by atoms with E-state index in [0.717, 1.165) is 0 Å². The maximum Gasteiger partial charge on any atom is 0.167 e. The van der Waals surface area contributed by atoms with Crippen LogP contribution in [-0.4, -0.2) is 35.1 Å². The fourth-order valence-corrected chi connectivity index (χ4v) is 1.91. The SMILES string of the molecule is COC[C@@H](N)C(C)(C)O[SiH2]C(C)(C)C. The highest BCUT2D eigenvalue weighted by Gasteiger charge is 2.28. The Hall–Kier alpha value is 0.0969. The molecule has 0 radical (unpaired) electrons. The Morgan fingerprint density at radius 2 is 1.71 bits per heavy atom. The fourth-order valence-electron chi connectivity index (χ4n) is 0.890. The van der Waals surface area contributed by atoms with Crippen LogP contribution in [0.5, 0.6) is 0 Å². The first-order valence-electron chi connectivity index (χ1n) is 5.07. The zero-order valence-corrected chi connectivity index (χ0v) is 11.8. The van der Waals surface area contributed by atoms with Crippen molar-refractivity contribution in [2.75, 3.05) is 13.7 Å². The number of nitrogens with two attached hydrogens (primary N) is 1. The summed E-state index contributed by atoms with van der Waals surface area (Å²) in [5, 5.41) is 0.310. The van der Waals surface area contributed by atoms with Gasteiger partial charge in [0.25, 0.3) is 0 Å². The highest BCUT2D eigenvalue weighted by molar-refractivity contribution is 6.31. The van der Waals surface area contributed by atoms with Crippen LogP contribution in [0.25, 0.3) is 0 Å². The number of hydrogen-bond donors (Lipinski definition) is 1. The van der Waals surface area contributed by atoms with Gasteiger partial charge < -0.3 is 14.9 Å². The summed E-state index contributed by atoms with van der Waals surface area (Å²) in [7, 11) is 1.11. The largest absolute Gasteiger partial charge is 0.417 e. The van der Waals surface area contributed by atoms with E-state index in [9.17, 15) is 0 Å². The van der Waals surface area contributed by atoms with Crippen molar-refractivity contribution in [2.24, 2.45) is 5.73 Å². The monoisotopic (exact) mass is 219 g/mol. The van der Waals surface area contributed by atoms with Crippen LogP contribution in [0.3, 0.4) is 0 Å². The van der Waals surface area contributed by atoms with Crippen LogP contribution in [0, 0.1) is 0 Å². The molecule has 0 amide bonds. The van der Waals surface area contributed by atoms with Gasteiger partial charge in [-0.25, -0.2) is 0 Å². The van der Waals surface area contributed by atoms with Crippen molar-refractivity contribution in [3.8, 4) is 0 Å². The van der Waals surface area contributed by atoms with Crippen LogP contribution in [0.2, 0.25) is 5.04 Å². The van der Waals surface area contributed by atoms with Crippen molar-refractivity contribution in [1.82, 2.24) is 0 Å². The fraction of sp³-hybridized carbons (Fsp3) is 1.00. The molecule has 0 aliphatic carbocycles. The molecular weight excluding hydrogens is 194 g/mol. The summed E-state index contributed by atoms with van der Waals surface area (Å²) in [6, 6.07) is -0.0534. The summed E-state index contributed by atoms with van der Waals surface area (Å²) in [4.78, 5) is 0. The van der Waals surface area contributed by atoms with Crippen LogP contribution in [0.1, 0.15) is 34.6 Å². The van der Waals surface area contributed by atoms with E-state index in [0.29, 0.717) is 11.6 Å². The molecule has 2 N–H and O–H groups in total. The second-order valence-electron chi connectivity index (χ2n) is 5.51. The Bertz CT molecular complexity index is 166. The minimum atomic E-state index is -0.550. The molecule has 0 saturated carbocycles. The molecule has 0 aliphatic rings. The minimum absolute atomic E-state index is 0.0534. The van der Waals surface area contributed by atoms with Crippen LogP contribution in [0.15, 0.2) is 0 Å². The van der Waals surface area contributed by atoms with E-state index in [2.05, 4.69) is 20.8 Å². The summed E-state index contributed by atoms with van der Waals surface area (Å²) < 4.78 is 11.0. The normalized spacial score (nSPS) is 16.5. The van der Waals surface area contributed by atoms with Crippen molar-refractivity contribution >= 4 is 9.76 Å². The van der Waals surface area contributed by atoms with Crippen LogP contribution < -0.4 is 5.73 Å². The molecule has 1 atom stereocenters. The van der Waals surface area contributed by atoms with Gasteiger partial charge in [0.05, 0.1) is 18.2 Å². The van der Waals surface area contributed by atoms with Gasteiger partial charge in [0.2, 0.25) is 0 Å². The molecule has 0 aromatic heterocycles. The average molecular weight is 219 g/mol. The summed E-state index contributed by atoms with van der Waals surface area (Å²) >= 11 is 0. The number of hydrogen-bond acceptors (Lipinski definition) is 3. The van der Waals surface area contributed by atoms with E-state index in [4.69, 9.17) is 14.9 Å². The molecule has 0 fully saturated rings. The number of rotatable bonds is 5. The number of ether oxygens (including phenoxy) is 1. The molecule has 0 saturated heterocycles. The molecule has 0 aromatic carbocycles. The second kappa shape index (κ2) is 5.26. The van der Waals surface area contributed by atoms with Gasteiger partial charge in [0.15, 0.2) is 9.76 Å². The van der Waals surface area contributed by atoms with E-state index in [1.807, 2.05) is 13.8 Å². The third-order valence-electron chi connectivity index (χ3n) is 2.12. The topological polar surface area (TPSA) is 44.5 Å². The summed E-state index contributed by atoms with van der Waals surface area (Å²) in [6.07, 6.45) is 0. The van der Waals surface area contributed by atoms with Gasteiger partial charge in [-0.3, -0.25) is 0 Å². The predicted octanol–water partition coefficient (Wildman–Crippen LogP) is 1.06. The highest BCUT2D eigenvalue weighted by atomic mass is 28.2. The standard InChI is InChI=1S/C10H25NO2Si/c1-9(2,3)14-13-10(4,5)8(11)7-12-6/h8H,7,11,14H2,1-6H3/t8-/m1/s1. The van der Waals surface area contributed by atoms with E-state index < -0.39 is 9.76 Å². The molecule has 86 valence electrons. The van der Waals surface area contributed by atoms with Gasteiger partial charge in [0, 0.05) is 7.11 Å². The first-order chi connectivity index (χ1) is 6.19. The lowest BCUT2D eigenvalue weighted by molar-refractivity contribution is 0.0407. The first kappa shape index (κ1) is 14.1. The van der Waals surface area contributed by atoms with Crippen LogP contribution in [-0.2, 0) is 9.16 Å². The Morgan fingerprint density at radius 3 is 2.07 bits per heavy atom. The molecule has 0 heterocycles. The van der Waals surface area contributed by atoms with E-state index >= 15 is 0 Å². The molecule has 0 aliphatic heterocycles. The molecule has 0 unspecified atom stereocenters. The molecular formula is C10H25NO2Si. The third kappa shape index (κ3) is 5.75. The highest BCUT2D eigenvalue weighted by Crippen LogP contribution is 2.24. The van der Waals surface area contributed by atoms with Crippen molar-refractivity contribution in [3.05, 3.63) is 0 Å². The molecule has 0 bridgehead atoms. The Morgan fingerprint density at radius 1 is 1.21 bits per heavy atom. The average Bonchev–Trinajstić information content (AvgIpc) is 2.00. The van der Waals surface area contributed by atoms with E-state index in [1.165, 1.54) is 0 Å². The molecule has 3 nitrogen and oxygen atoms in total. The Kier molecular flexibility index (Phi) is 5.29. The van der Waals surface area contributed by atoms with Crippen molar-refractivity contribution < 1.29 is 9.16 Å². The smallest absolute Gasteiger partial charge is 0.167 e. The molecule has 14 heavy (non-hydrogen) atoms. The van der Waals surface area contributed by atoms with Crippen LogP contribution in [0.4, 0.5) is 0 Å². The molecule has 4 heteroatoms. The predicted molar refractivity (Wildman–Crippen MR) is 63.3 cm³/mol. The minimum Gasteiger partial charge on any atom is -0.417 e. The van der Waals surface area contributed by atoms with E-state index in [1.54, 1.807) is 7.11 Å². The zero-order valence-electron chi connectivity index (χ0n) is 10.4. The van der Waals surface area contributed by atoms with Gasteiger partial charge in [-0.2, -0.15) is 0 Å². The lowest BCUT2D eigenvalue weighted by Gasteiger charge is -2.34. The van der Waals surface area contributed by atoms with Gasteiger partial charge in [0.1, 0.15) is 0 Å². The van der Waals surface area contributed by atoms with Crippen molar-refractivity contribution in [3.63, 3.8) is 0 Å². The van der Waals surface area contributed by atoms with Crippen molar-refractivity contribution in [2.45, 2.75) is 51.3 Å². The molecule has 0 aromatic rings. The Labute approximate surface area is 90.3 Å². The second-order valence-corrected chi connectivity index (χ2v) is 8.21. The summed E-state index contributed by atoms with van der Waals surface area (Å²) in [6.45, 7) is 11.2. The lowest BCUT2D eigenvalue weighted by atomic mass is 10.0. The summed E-state index contributed by atoms with van der Waals surface area (Å²) in [5.41, 5.74) is 5.70. The van der Waals surface area contributed by atoms with E-state index in [-0.39, 0.29) is 11.6 Å². The third-order valence-corrected chi connectivity index (χ3v) is 3.87. The van der Waals surface area contributed by atoms with Gasteiger partial charge in [-0.1, -0.05) is 20.8 Å². The van der Waals surface area contributed by atoms with Gasteiger partial charge >= 0.3 is 0 Å². The van der Waals surface area contributed by atoms with Gasteiger partial charge in [-0.15, -0.1) is 0 Å². The first-order valence-corrected chi connectivity index (χ1v) is 6.36. The maximum atomic E-state index is 5.96. The summed E-state index contributed by atoms with van der Waals surface area (Å²) in [5.74, 6) is 0. The molecule has 0 rings (SSSR count). The Balaban J connectivity index is 4.06. The lowest BCUT2D eigenvalue weighted by Crippen LogP contribution is -2.49. The van der Waals surface area contributed by atoms with Crippen LogP contribution >= 0.6 is 0 Å². The molecule has 0 spiro atoms. The maximum absolute atomic E-state index is 5.96. The number of methoxy groups -OCH3 is 1. The quantitative estimate of drug-likeness (QED) is 0.703. The zero-order chi connectivity index (χ0) is 11.4. The van der Waals surface area contributed by atoms with Crippen molar-refractivity contribution in [1.29, 1.82) is 0 Å².